The van der Waals surface area contributed by atoms with Crippen molar-refractivity contribution in [3.8, 4) is 11.8 Å². The summed E-state index contributed by atoms with van der Waals surface area (Å²) in [5.41, 5.74) is 3.36. The summed E-state index contributed by atoms with van der Waals surface area (Å²) in [6.07, 6.45) is 4.91. The average molecular weight is 402 g/mol. The number of carbonyl (C=O) groups excluding carboxylic acids is 1. The number of amides is 1. The van der Waals surface area contributed by atoms with E-state index >= 15 is 0 Å². The van der Waals surface area contributed by atoms with Crippen LogP contribution in [-0.4, -0.2) is 42.1 Å². The van der Waals surface area contributed by atoms with Crippen LogP contribution >= 0.6 is 11.6 Å². The molecule has 8 heteroatoms. The molecule has 1 saturated carbocycles. The van der Waals surface area contributed by atoms with Crippen molar-refractivity contribution < 1.29 is 9.53 Å². The minimum atomic E-state index is -0.282. The Kier molecular flexibility index (Phi) is 6.20. The molecule has 28 heavy (non-hydrogen) atoms. The molecule has 1 aliphatic carbocycles. The van der Waals surface area contributed by atoms with E-state index in [-0.39, 0.29) is 23.6 Å². The summed E-state index contributed by atoms with van der Waals surface area (Å²) in [6, 6.07) is 7.22. The standard InChI is InChI=1S/C20H24ClN5O2/c1-20(2)12-24-26-18(11-23-20)19(27)25-14-4-7-15(8-5-14)28-16-6-3-13(10-22)17(21)9-16/h3,6,9,11,14-15,24H,4-5,7-8,12H2,1-2H3,(H,25,27). The fourth-order valence-corrected chi connectivity index (χ4v) is 3.39. The second kappa shape index (κ2) is 8.61. The van der Waals surface area contributed by atoms with E-state index in [1.54, 1.807) is 24.4 Å². The number of nitriles is 1. The van der Waals surface area contributed by atoms with Crippen LogP contribution in [0.1, 0.15) is 45.1 Å². The van der Waals surface area contributed by atoms with Gasteiger partial charge in [-0.05, 0) is 51.7 Å². The number of nitrogens with one attached hydrogen (secondary N) is 2. The molecule has 7 nitrogen and oxygen atoms in total. The molecule has 0 saturated heterocycles. The quantitative estimate of drug-likeness (QED) is 0.810. The van der Waals surface area contributed by atoms with E-state index in [9.17, 15) is 4.79 Å². The lowest BCUT2D eigenvalue weighted by molar-refractivity contribution is -0.115. The first-order valence-electron chi connectivity index (χ1n) is 9.39. The minimum absolute atomic E-state index is 0.0661. The van der Waals surface area contributed by atoms with Gasteiger partial charge in [0.1, 0.15) is 11.8 Å². The molecule has 1 aromatic rings. The summed E-state index contributed by atoms with van der Waals surface area (Å²) < 4.78 is 5.98. The van der Waals surface area contributed by atoms with Crippen LogP contribution in [0.2, 0.25) is 5.02 Å². The maximum atomic E-state index is 12.5. The number of nitrogens with zero attached hydrogens (tertiary/aromatic N) is 3. The van der Waals surface area contributed by atoms with Crippen molar-refractivity contribution in [2.45, 2.75) is 57.2 Å². The zero-order valence-electron chi connectivity index (χ0n) is 16.0. The van der Waals surface area contributed by atoms with Crippen LogP contribution in [0, 0.1) is 11.3 Å². The Balaban J connectivity index is 1.49. The summed E-state index contributed by atoms with van der Waals surface area (Å²) in [5, 5.41) is 16.5. The van der Waals surface area contributed by atoms with Crippen molar-refractivity contribution in [3.05, 3.63) is 28.8 Å². The predicted molar refractivity (Wildman–Crippen MR) is 109 cm³/mol. The highest BCUT2D eigenvalue weighted by atomic mass is 35.5. The number of halogens is 1. The van der Waals surface area contributed by atoms with E-state index in [1.165, 1.54) is 0 Å². The third kappa shape index (κ3) is 5.23. The zero-order chi connectivity index (χ0) is 20.1. The van der Waals surface area contributed by atoms with Gasteiger partial charge < -0.3 is 15.5 Å². The van der Waals surface area contributed by atoms with Gasteiger partial charge in [0, 0.05) is 12.1 Å². The Hall–Kier alpha value is -2.59. The Morgan fingerprint density at radius 1 is 1.36 bits per heavy atom. The lowest BCUT2D eigenvalue weighted by Crippen LogP contribution is -2.43. The molecule has 0 aromatic heterocycles. The molecular formula is C20H24ClN5O2. The molecule has 0 unspecified atom stereocenters. The maximum Gasteiger partial charge on any atom is 0.273 e. The molecule has 0 atom stereocenters. The minimum Gasteiger partial charge on any atom is -0.490 e. The molecule has 1 amide bonds. The van der Waals surface area contributed by atoms with Crippen molar-refractivity contribution in [2.75, 3.05) is 6.54 Å². The first kappa shape index (κ1) is 20.2. The monoisotopic (exact) mass is 401 g/mol. The molecule has 2 N–H and O–H groups in total. The first-order valence-corrected chi connectivity index (χ1v) is 9.77. The normalized spacial score (nSPS) is 23.6. The molecule has 1 fully saturated rings. The molecule has 2 aliphatic rings. The summed E-state index contributed by atoms with van der Waals surface area (Å²) in [5.74, 6) is 0.450. The molecular weight excluding hydrogens is 378 g/mol. The molecule has 3 rings (SSSR count). The van der Waals surface area contributed by atoms with Crippen LogP contribution in [-0.2, 0) is 4.79 Å². The molecule has 0 bridgehead atoms. The van der Waals surface area contributed by atoms with E-state index in [0.717, 1.165) is 25.7 Å². The number of rotatable bonds is 4. The first-order chi connectivity index (χ1) is 13.4. The van der Waals surface area contributed by atoms with E-state index in [0.29, 0.717) is 28.6 Å². The van der Waals surface area contributed by atoms with Gasteiger partial charge in [0.2, 0.25) is 0 Å². The van der Waals surface area contributed by atoms with Gasteiger partial charge >= 0.3 is 0 Å². The molecule has 0 radical (unpaired) electrons. The smallest absolute Gasteiger partial charge is 0.273 e. The third-order valence-corrected chi connectivity index (χ3v) is 5.17. The lowest BCUT2D eigenvalue weighted by atomic mass is 9.92. The highest BCUT2D eigenvalue weighted by Gasteiger charge is 2.26. The highest BCUT2D eigenvalue weighted by molar-refractivity contribution is 6.60. The molecule has 1 heterocycles. The van der Waals surface area contributed by atoms with Crippen molar-refractivity contribution in [2.24, 2.45) is 10.1 Å². The van der Waals surface area contributed by atoms with Crippen molar-refractivity contribution in [1.82, 2.24) is 10.7 Å². The van der Waals surface area contributed by atoms with Crippen LogP contribution in [0.4, 0.5) is 0 Å². The third-order valence-electron chi connectivity index (χ3n) is 4.85. The number of carbonyl (C=O) groups is 1. The number of benzene rings is 1. The predicted octanol–water partition coefficient (Wildman–Crippen LogP) is 2.83. The fraction of sp³-hybridized carbons (Fsp3) is 0.500. The molecule has 0 spiro atoms. The van der Waals surface area contributed by atoms with Gasteiger partial charge in [-0.1, -0.05) is 11.6 Å². The van der Waals surface area contributed by atoms with E-state index < -0.39 is 0 Å². The number of hydrazone groups is 1. The number of hydrogen-bond acceptors (Lipinski definition) is 6. The van der Waals surface area contributed by atoms with E-state index in [2.05, 4.69) is 20.8 Å². The van der Waals surface area contributed by atoms with Gasteiger partial charge in [-0.25, -0.2) is 0 Å². The maximum absolute atomic E-state index is 12.5. The summed E-state index contributed by atoms with van der Waals surface area (Å²) >= 11 is 6.05. The van der Waals surface area contributed by atoms with Crippen LogP contribution in [0.25, 0.3) is 0 Å². The highest BCUT2D eigenvalue weighted by Crippen LogP contribution is 2.27. The fourth-order valence-electron chi connectivity index (χ4n) is 3.17. The molecule has 1 aliphatic heterocycles. The van der Waals surface area contributed by atoms with Gasteiger partial charge in [0.25, 0.3) is 5.91 Å². The molecule has 148 valence electrons. The van der Waals surface area contributed by atoms with E-state index in [4.69, 9.17) is 21.6 Å². The second-order valence-electron chi connectivity index (χ2n) is 7.72. The van der Waals surface area contributed by atoms with Crippen molar-refractivity contribution >= 4 is 29.4 Å². The largest absolute Gasteiger partial charge is 0.490 e. The Morgan fingerprint density at radius 2 is 2.11 bits per heavy atom. The number of aliphatic imine (C=N–C) groups is 1. The van der Waals surface area contributed by atoms with Gasteiger partial charge in [-0.15, -0.1) is 0 Å². The van der Waals surface area contributed by atoms with Crippen molar-refractivity contribution in [1.29, 1.82) is 5.26 Å². The van der Waals surface area contributed by atoms with Crippen LogP contribution in [0.3, 0.4) is 0 Å². The molecule has 1 aromatic carbocycles. The van der Waals surface area contributed by atoms with Gasteiger partial charge in [-0.2, -0.15) is 10.4 Å². The average Bonchev–Trinajstić information content (AvgIpc) is 2.84. The van der Waals surface area contributed by atoms with Crippen LogP contribution < -0.4 is 15.5 Å². The van der Waals surface area contributed by atoms with Crippen molar-refractivity contribution in [3.63, 3.8) is 0 Å². The second-order valence-corrected chi connectivity index (χ2v) is 8.13. The Labute approximate surface area is 169 Å². The van der Waals surface area contributed by atoms with E-state index in [1.807, 2.05) is 19.9 Å². The summed E-state index contributed by atoms with van der Waals surface area (Å²) in [7, 11) is 0. The Bertz CT molecular complexity index is 835. The Morgan fingerprint density at radius 3 is 2.79 bits per heavy atom. The van der Waals surface area contributed by atoms with Gasteiger partial charge in [-0.3, -0.25) is 9.79 Å². The SMILES string of the molecule is CC1(C)CNN=C(C(=O)NC2CCC(Oc3ccc(C#N)c(Cl)c3)CC2)C=N1. The van der Waals surface area contributed by atoms with Crippen LogP contribution in [0.15, 0.2) is 28.3 Å². The van der Waals surface area contributed by atoms with Gasteiger partial charge in [0.15, 0.2) is 5.71 Å². The zero-order valence-corrected chi connectivity index (χ0v) is 16.8. The topological polar surface area (TPSA) is 98.9 Å². The number of ether oxygens (including phenoxy) is 1. The van der Waals surface area contributed by atoms with Gasteiger partial charge in [0.05, 0.1) is 35.0 Å². The summed E-state index contributed by atoms with van der Waals surface area (Å²) in [4.78, 5) is 16.9. The lowest BCUT2D eigenvalue weighted by Gasteiger charge is -2.29. The number of hydrogen-bond donors (Lipinski definition) is 2. The van der Waals surface area contributed by atoms with Crippen LogP contribution in [0.5, 0.6) is 5.75 Å². The summed E-state index contributed by atoms with van der Waals surface area (Å²) in [6.45, 7) is 4.55.